The van der Waals surface area contributed by atoms with Crippen LogP contribution in [0.1, 0.15) is 11.1 Å². The summed E-state index contributed by atoms with van der Waals surface area (Å²) in [6.45, 7) is 0. The predicted octanol–water partition coefficient (Wildman–Crippen LogP) is 5.40. The molecule has 4 heteroatoms. The molecule has 0 atom stereocenters. The van der Waals surface area contributed by atoms with E-state index in [1.54, 1.807) is 6.07 Å². The average molecular weight is 297 g/mol. The summed E-state index contributed by atoms with van der Waals surface area (Å²) in [5.74, 6) is 0. The maximum absolute atomic E-state index is 12.6. The third-order valence-electron chi connectivity index (χ3n) is 3.56. The molecule has 0 aliphatic rings. The standard InChI is InChI=1S/C18H10F3N/c19-18(20,21)14-8-5-13(6-9-14)16-10-7-12-3-1-2-4-15(12)17(16)11-22/h1-10H. The largest absolute Gasteiger partial charge is 0.416 e. The second kappa shape index (κ2) is 5.19. The highest BCUT2D eigenvalue weighted by Crippen LogP contribution is 2.33. The number of alkyl halides is 3. The zero-order chi connectivity index (χ0) is 15.7. The highest BCUT2D eigenvalue weighted by molar-refractivity contribution is 5.94. The molecule has 0 aliphatic heterocycles. The molecular weight excluding hydrogens is 287 g/mol. The van der Waals surface area contributed by atoms with Crippen LogP contribution < -0.4 is 0 Å². The van der Waals surface area contributed by atoms with Crippen molar-refractivity contribution in [2.45, 2.75) is 6.18 Å². The number of benzene rings is 3. The lowest BCUT2D eigenvalue weighted by Gasteiger charge is -2.10. The molecule has 1 nitrogen and oxygen atoms in total. The molecule has 0 spiro atoms. The van der Waals surface area contributed by atoms with Gasteiger partial charge in [-0.2, -0.15) is 18.4 Å². The molecule has 0 saturated carbocycles. The van der Waals surface area contributed by atoms with Crippen LogP contribution in [-0.4, -0.2) is 0 Å². The lowest BCUT2D eigenvalue weighted by atomic mass is 9.94. The van der Waals surface area contributed by atoms with Gasteiger partial charge in [0, 0.05) is 10.9 Å². The maximum atomic E-state index is 12.6. The Morgan fingerprint density at radius 3 is 2.14 bits per heavy atom. The summed E-state index contributed by atoms with van der Waals surface area (Å²) in [7, 11) is 0. The lowest BCUT2D eigenvalue weighted by Crippen LogP contribution is -2.04. The fraction of sp³-hybridized carbons (Fsp3) is 0.0556. The summed E-state index contributed by atoms with van der Waals surface area (Å²) >= 11 is 0. The molecule has 0 fully saturated rings. The van der Waals surface area contributed by atoms with Crippen LogP contribution >= 0.6 is 0 Å². The van der Waals surface area contributed by atoms with Gasteiger partial charge in [0.2, 0.25) is 0 Å². The van der Waals surface area contributed by atoms with Crippen LogP contribution in [0, 0.1) is 11.3 Å². The first kappa shape index (κ1) is 14.2. The number of nitrogens with zero attached hydrogens (tertiary/aromatic N) is 1. The van der Waals surface area contributed by atoms with Gasteiger partial charge in [0.25, 0.3) is 0 Å². The van der Waals surface area contributed by atoms with Crippen molar-refractivity contribution < 1.29 is 13.2 Å². The predicted molar refractivity (Wildman–Crippen MR) is 79.1 cm³/mol. The first-order valence-corrected chi connectivity index (χ1v) is 6.60. The zero-order valence-electron chi connectivity index (χ0n) is 11.4. The van der Waals surface area contributed by atoms with Gasteiger partial charge in [-0.25, -0.2) is 0 Å². The molecule has 0 heterocycles. The normalized spacial score (nSPS) is 11.4. The van der Waals surface area contributed by atoms with Crippen molar-refractivity contribution in [2.75, 3.05) is 0 Å². The Morgan fingerprint density at radius 2 is 1.50 bits per heavy atom. The third-order valence-corrected chi connectivity index (χ3v) is 3.56. The van der Waals surface area contributed by atoms with Crippen molar-refractivity contribution in [3.8, 4) is 17.2 Å². The minimum absolute atomic E-state index is 0.470. The Hall–Kier alpha value is -2.80. The molecule has 0 unspecified atom stereocenters. The minimum Gasteiger partial charge on any atom is -0.192 e. The van der Waals surface area contributed by atoms with Crippen LogP contribution in [-0.2, 0) is 6.18 Å². The van der Waals surface area contributed by atoms with Crippen molar-refractivity contribution in [2.24, 2.45) is 0 Å². The molecule has 108 valence electrons. The lowest BCUT2D eigenvalue weighted by molar-refractivity contribution is -0.137. The second-order valence-electron chi connectivity index (χ2n) is 4.90. The molecule has 3 rings (SSSR count). The van der Waals surface area contributed by atoms with Gasteiger partial charge in [0.05, 0.1) is 11.1 Å². The summed E-state index contributed by atoms with van der Waals surface area (Å²) in [6.07, 6.45) is -4.36. The van der Waals surface area contributed by atoms with Crippen molar-refractivity contribution in [3.05, 3.63) is 71.8 Å². The smallest absolute Gasteiger partial charge is 0.192 e. The molecule has 0 N–H and O–H groups in total. The van der Waals surface area contributed by atoms with Crippen LogP contribution in [0.15, 0.2) is 60.7 Å². The molecule has 0 amide bonds. The minimum atomic E-state index is -4.36. The summed E-state index contributed by atoms with van der Waals surface area (Å²) < 4.78 is 37.9. The molecule has 3 aromatic carbocycles. The van der Waals surface area contributed by atoms with Crippen molar-refractivity contribution >= 4 is 10.8 Å². The highest BCUT2D eigenvalue weighted by Gasteiger charge is 2.30. The summed E-state index contributed by atoms with van der Waals surface area (Å²) in [5.41, 5.74) is 0.999. The first-order chi connectivity index (χ1) is 10.5. The zero-order valence-corrected chi connectivity index (χ0v) is 11.4. The molecular formula is C18H10F3N. The maximum Gasteiger partial charge on any atom is 0.416 e. The van der Waals surface area contributed by atoms with E-state index in [1.807, 2.05) is 30.3 Å². The van der Waals surface area contributed by atoms with Crippen LogP contribution in [0.3, 0.4) is 0 Å². The van der Waals surface area contributed by atoms with Gasteiger partial charge in [0.1, 0.15) is 6.07 Å². The van der Waals surface area contributed by atoms with Crippen LogP contribution in [0.2, 0.25) is 0 Å². The summed E-state index contributed by atoms with van der Waals surface area (Å²) in [4.78, 5) is 0. The van der Waals surface area contributed by atoms with Crippen LogP contribution in [0.25, 0.3) is 21.9 Å². The van der Waals surface area contributed by atoms with Gasteiger partial charge >= 0.3 is 6.18 Å². The van der Waals surface area contributed by atoms with Gasteiger partial charge < -0.3 is 0 Å². The first-order valence-electron chi connectivity index (χ1n) is 6.60. The van der Waals surface area contributed by atoms with Crippen molar-refractivity contribution in [1.82, 2.24) is 0 Å². The van der Waals surface area contributed by atoms with E-state index in [0.717, 1.165) is 22.9 Å². The van der Waals surface area contributed by atoms with Crippen molar-refractivity contribution in [3.63, 3.8) is 0 Å². The third kappa shape index (κ3) is 2.42. The molecule has 0 saturated heterocycles. The number of halogens is 3. The Balaban J connectivity index is 2.16. The molecule has 0 aliphatic carbocycles. The van der Waals surface area contributed by atoms with Gasteiger partial charge in [-0.3, -0.25) is 0 Å². The van der Waals surface area contributed by atoms with Crippen LogP contribution in [0.5, 0.6) is 0 Å². The Bertz CT molecular complexity index is 871. The fourth-order valence-electron chi connectivity index (χ4n) is 2.47. The van der Waals surface area contributed by atoms with Crippen LogP contribution in [0.4, 0.5) is 13.2 Å². The van der Waals surface area contributed by atoms with Gasteiger partial charge in [-0.05, 0) is 23.1 Å². The van der Waals surface area contributed by atoms with Crippen molar-refractivity contribution in [1.29, 1.82) is 5.26 Å². The van der Waals surface area contributed by atoms with Gasteiger partial charge in [-0.1, -0.05) is 48.5 Å². The van der Waals surface area contributed by atoms with Gasteiger partial charge in [-0.15, -0.1) is 0 Å². The number of nitriles is 1. The molecule has 22 heavy (non-hydrogen) atoms. The summed E-state index contributed by atoms with van der Waals surface area (Å²) in [5, 5.41) is 11.2. The van der Waals surface area contributed by atoms with E-state index >= 15 is 0 Å². The fourth-order valence-corrected chi connectivity index (χ4v) is 2.47. The quantitative estimate of drug-likeness (QED) is 0.590. The summed E-state index contributed by atoms with van der Waals surface area (Å²) in [6, 6.07) is 18.1. The van der Waals surface area contributed by atoms with E-state index in [4.69, 9.17) is 0 Å². The SMILES string of the molecule is N#Cc1c(-c2ccc(C(F)(F)F)cc2)ccc2ccccc12. The Morgan fingerprint density at radius 1 is 0.818 bits per heavy atom. The number of rotatable bonds is 1. The van der Waals surface area contributed by atoms with E-state index in [0.29, 0.717) is 16.7 Å². The van der Waals surface area contributed by atoms with E-state index in [2.05, 4.69) is 6.07 Å². The topological polar surface area (TPSA) is 23.8 Å². The number of hydrogen-bond acceptors (Lipinski definition) is 1. The van der Waals surface area contributed by atoms with Gasteiger partial charge in [0.15, 0.2) is 0 Å². The number of fused-ring (bicyclic) bond motifs is 1. The van der Waals surface area contributed by atoms with E-state index in [9.17, 15) is 18.4 Å². The monoisotopic (exact) mass is 297 g/mol. The highest BCUT2D eigenvalue weighted by atomic mass is 19.4. The molecule has 0 aromatic heterocycles. The number of hydrogen-bond donors (Lipinski definition) is 0. The second-order valence-corrected chi connectivity index (χ2v) is 4.90. The Labute approximate surface area is 125 Å². The average Bonchev–Trinajstić information content (AvgIpc) is 2.53. The molecule has 3 aromatic rings. The van der Waals surface area contributed by atoms with E-state index < -0.39 is 11.7 Å². The van der Waals surface area contributed by atoms with E-state index in [1.165, 1.54) is 12.1 Å². The Kier molecular flexibility index (Phi) is 3.34. The van der Waals surface area contributed by atoms with E-state index in [-0.39, 0.29) is 0 Å². The molecule has 0 radical (unpaired) electrons. The molecule has 0 bridgehead atoms.